The molecule has 4 aromatic rings. The third-order valence-corrected chi connectivity index (χ3v) is 4.45. The summed E-state index contributed by atoms with van der Waals surface area (Å²) in [5, 5.41) is 12.8. The molecule has 0 radical (unpaired) electrons. The summed E-state index contributed by atoms with van der Waals surface area (Å²) in [7, 11) is 1.84. The van der Waals surface area contributed by atoms with Crippen molar-refractivity contribution in [2.45, 2.75) is 26.7 Å². The molecule has 0 atom stereocenters. The molecular weight excluding hydrogens is 346 g/mol. The first-order chi connectivity index (χ1) is 13.0. The van der Waals surface area contributed by atoms with Gasteiger partial charge in [-0.15, -0.1) is 5.10 Å². The minimum absolute atomic E-state index is 0.224. The Bertz CT molecular complexity index is 1130. The Kier molecular flexibility index (Phi) is 4.19. The third kappa shape index (κ3) is 3.19. The van der Waals surface area contributed by atoms with Gasteiger partial charge in [-0.3, -0.25) is 9.48 Å². The van der Waals surface area contributed by atoms with Crippen LogP contribution >= 0.6 is 0 Å². The maximum Gasteiger partial charge on any atom is 0.259 e. The number of nitrogens with one attached hydrogen (secondary N) is 1. The second-order valence-corrected chi connectivity index (χ2v) is 6.35. The fraction of sp³-hybridized carbons (Fsp3) is 0.278. The van der Waals surface area contributed by atoms with Crippen molar-refractivity contribution in [3.05, 3.63) is 63.9 Å². The summed E-state index contributed by atoms with van der Waals surface area (Å²) in [6.45, 7) is 3.82. The molecule has 0 amide bonds. The van der Waals surface area contributed by atoms with Gasteiger partial charge in [0.05, 0.1) is 23.7 Å². The van der Waals surface area contributed by atoms with Crippen LogP contribution in [-0.4, -0.2) is 34.7 Å². The highest BCUT2D eigenvalue weighted by atomic mass is 16.5. The highest BCUT2D eigenvalue weighted by molar-refractivity contribution is 5.53. The summed E-state index contributed by atoms with van der Waals surface area (Å²) in [6, 6.07) is 3.46. The molecule has 0 aliphatic heterocycles. The molecule has 1 N–H and O–H groups in total. The molecule has 0 aliphatic rings. The molecule has 9 heteroatoms. The van der Waals surface area contributed by atoms with Gasteiger partial charge in [0.15, 0.2) is 5.82 Å². The number of hydrogen-bond acceptors (Lipinski definition) is 6. The van der Waals surface area contributed by atoms with Crippen LogP contribution in [0.5, 0.6) is 0 Å². The van der Waals surface area contributed by atoms with Gasteiger partial charge in [0, 0.05) is 25.2 Å². The van der Waals surface area contributed by atoms with Crippen LogP contribution in [0.2, 0.25) is 0 Å². The highest BCUT2D eigenvalue weighted by Crippen LogP contribution is 2.19. The van der Waals surface area contributed by atoms with E-state index in [9.17, 15) is 4.79 Å². The summed E-state index contributed by atoms with van der Waals surface area (Å²) in [6.07, 6.45) is 6.49. The molecule has 0 aromatic carbocycles. The maximum atomic E-state index is 12.1. The Hall–Kier alpha value is -3.49. The quantitative estimate of drug-likeness (QED) is 0.577. The van der Waals surface area contributed by atoms with Crippen LogP contribution in [0.25, 0.3) is 17.1 Å². The molecule has 27 heavy (non-hydrogen) atoms. The largest absolute Gasteiger partial charge is 0.361 e. The zero-order valence-electron chi connectivity index (χ0n) is 15.3. The zero-order chi connectivity index (χ0) is 19.0. The summed E-state index contributed by atoms with van der Waals surface area (Å²) in [4.78, 5) is 19.4. The van der Waals surface area contributed by atoms with Gasteiger partial charge in [-0.1, -0.05) is 5.16 Å². The average molecular weight is 365 g/mol. The number of pyridine rings is 1. The third-order valence-electron chi connectivity index (χ3n) is 4.45. The van der Waals surface area contributed by atoms with Crippen molar-refractivity contribution in [2.24, 2.45) is 7.05 Å². The monoisotopic (exact) mass is 365 g/mol. The van der Waals surface area contributed by atoms with E-state index in [4.69, 9.17) is 4.52 Å². The number of H-pyrrole nitrogens is 1. The molecular formula is C18H19N7O2. The zero-order valence-corrected chi connectivity index (χ0v) is 15.3. The summed E-state index contributed by atoms with van der Waals surface area (Å²) in [5.74, 6) is 1.93. The molecule has 4 heterocycles. The SMILES string of the molecule is Cc1noc(C)c1CCc1nc(-c2ccc[nH]c2=O)nn1-c1cnn(C)c1. The first-order valence-corrected chi connectivity index (χ1v) is 8.57. The molecule has 0 aliphatic carbocycles. The summed E-state index contributed by atoms with van der Waals surface area (Å²) >= 11 is 0. The van der Waals surface area contributed by atoms with Crippen LogP contribution in [0.1, 0.15) is 22.8 Å². The molecule has 9 nitrogen and oxygen atoms in total. The summed E-state index contributed by atoms with van der Waals surface area (Å²) < 4.78 is 8.67. The van der Waals surface area contributed by atoms with Crippen molar-refractivity contribution in [2.75, 3.05) is 0 Å². The van der Waals surface area contributed by atoms with Crippen molar-refractivity contribution in [1.29, 1.82) is 0 Å². The molecule has 4 rings (SSSR count). The first-order valence-electron chi connectivity index (χ1n) is 8.57. The van der Waals surface area contributed by atoms with E-state index in [2.05, 4.69) is 25.3 Å². The number of nitrogens with zero attached hydrogens (tertiary/aromatic N) is 6. The fourth-order valence-corrected chi connectivity index (χ4v) is 3.04. The number of hydrogen-bond donors (Lipinski definition) is 1. The van der Waals surface area contributed by atoms with Crippen molar-refractivity contribution in [1.82, 2.24) is 34.7 Å². The molecule has 0 spiro atoms. The molecule has 0 saturated carbocycles. The lowest BCUT2D eigenvalue weighted by Gasteiger charge is -2.03. The van der Waals surface area contributed by atoms with Crippen LogP contribution in [0.15, 0.2) is 40.0 Å². The van der Waals surface area contributed by atoms with Crippen LogP contribution < -0.4 is 5.56 Å². The van der Waals surface area contributed by atoms with Crippen LogP contribution in [-0.2, 0) is 19.9 Å². The molecule has 0 fully saturated rings. The van der Waals surface area contributed by atoms with Crippen LogP contribution in [0.4, 0.5) is 0 Å². The van der Waals surface area contributed by atoms with E-state index in [1.54, 1.807) is 33.9 Å². The van der Waals surface area contributed by atoms with E-state index in [1.165, 1.54) is 0 Å². The van der Waals surface area contributed by atoms with Gasteiger partial charge in [-0.2, -0.15) is 5.10 Å². The standard InChI is InChI=1S/C18H19N7O2/c1-11-14(12(2)27-23-11)6-7-16-21-17(15-5-4-8-19-18(15)26)22-25(16)13-9-20-24(3)10-13/h4-5,8-10H,6-7H2,1-3H3,(H,19,26). The van der Waals surface area contributed by atoms with Crippen LogP contribution in [0, 0.1) is 13.8 Å². The van der Waals surface area contributed by atoms with Crippen LogP contribution in [0.3, 0.4) is 0 Å². The topological polar surface area (TPSA) is 107 Å². The molecule has 0 saturated heterocycles. The Morgan fingerprint density at radius 3 is 2.78 bits per heavy atom. The van der Waals surface area contributed by atoms with Gasteiger partial charge in [0.2, 0.25) is 0 Å². The van der Waals surface area contributed by atoms with Crippen molar-refractivity contribution >= 4 is 0 Å². The van der Waals surface area contributed by atoms with Gasteiger partial charge < -0.3 is 9.51 Å². The maximum absolute atomic E-state index is 12.1. The summed E-state index contributed by atoms with van der Waals surface area (Å²) in [5.41, 5.74) is 2.93. The number of aromatic amines is 1. The average Bonchev–Trinajstić information content (AvgIpc) is 3.34. The Morgan fingerprint density at radius 1 is 1.26 bits per heavy atom. The molecule has 4 aromatic heterocycles. The van der Waals surface area contributed by atoms with E-state index in [0.29, 0.717) is 24.2 Å². The van der Waals surface area contributed by atoms with E-state index in [1.807, 2.05) is 27.1 Å². The van der Waals surface area contributed by atoms with Crippen molar-refractivity contribution in [3.8, 4) is 17.1 Å². The second-order valence-electron chi connectivity index (χ2n) is 6.35. The fourth-order valence-electron chi connectivity index (χ4n) is 3.04. The minimum atomic E-state index is -0.224. The van der Waals surface area contributed by atoms with Gasteiger partial charge >= 0.3 is 0 Å². The minimum Gasteiger partial charge on any atom is -0.361 e. The number of rotatable bonds is 5. The smallest absolute Gasteiger partial charge is 0.259 e. The van der Waals surface area contributed by atoms with E-state index in [0.717, 1.165) is 28.5 Å². The normalized spacial score (nSPS) is 11.2. The lowest BCUT2D eigenvalue weighted by molar-refractivity contribution is 0.392. The predicted octanol–water partition coefficient (Wildman–Crippen LogP) is 1.75. The Morgan fingerprint density at radius 2 is 2.11 bits per heavy atom. The number of aromatic nitrogens is 7. The lowest BCUT2D eigenvalue weighted by atomic mass is 10.1. The number of aryl methyl sites for hydroxylation is 4. The predicted molar refractivity (Wildman–Crippen MR) is 97.6 cm³/mol. The van der Waals surface area contributed by atoms with E-state index in [-0.39, 0.29) is 5.56 Å². The van der Waals surface area contributed by atoms with Gasteiger partial charge in [0.1, 0.15) is 17.3 Å². The molecule has 138 valence electrons. The van der Waals surface area contributed by atoms with Crippen molar-refractivity contribution in [3.63, 3.8) is 0 Å². The Labute approximate surface area is 154 Å². The Balaban J connectivity index is 1.74. The molecule has 0 bridgehead atoms. The van der Waals surface area contributed by atoms with Gasteiger partial charge in [0.25, 0.3) is 5.56 Å². The van der Waals surface area contributed by atoms with Gasteiger partial charge in [-0.05, 0) is 32.4 Å². The van der Waals surface area contributed by atoms with E-state index < -0.39 is 0 Å². The second kappa shape index (κ2) is 6.67. The molecule has 0 unspecified atom stereocenters. The highest BCUT2D eigenvalue weighted by Gasteiger charge is 2.18. The first kappa shape index (κ1) is 17.0. The van der Waals surface area contributed by atoms with Crippen molar-refractivity contribution < 1.29 is 4.52 Å². The van der Waals surface area contributed by atoms with Gasteiger partial charge in [-0.25, -0.2) is 9.67 Å². The lowest BCUT2D eigenvalue weighted by Crippen LogP contribution is -2.08. The van der Waals surface area contributed by atoms with E-state index >= 15 is 0 Å².